The number of hydrogen-bond acceptors (Lipinski definition) is 6. The van der Waals surface area contributed by atoms with Crippen molar-refractivity contribution in [2.24, 2.45) is 11.3 Å². The lowest BCUT2D eigenvalue weighted by Crippen LogP contribution is -2.62. The van der Waals surface area contributed by atoms with Crippen LogP contribution < -0.4 is 0 Å². The van der Waals surface area contributed by atoms with E-state index in [4.69, 9.17) is 9.47 Å². The monoisotopic (exact) mass is 283 g/mol. The van der Waals surface area contributed by atoms with Crippen molar-refractivity contribution in [2.75, 3.05) is 33.4 Å². The molecule has 20 heavy (non-hydrogen) atoms. The summed E-state index contributed by atoms with van der Waals surface area (Å²) in [4.78, 5) is 38.5. The number of hydrogen-bond donors (Lipinski definition) is 0. The highest BCUT2D eigenvalue weighted by Crippen LogP contribution is 2.43. The number of Topliss-reactive ketones (excluding diaryl/α,β-unsaturated/α-hetero) is 1. The molecule has 2 rings (SSSR count). The molecule has 0 radical (unpaired) electrons. The van der Waals surface area contributed by atoms with Gasteiger partial charge in [0.2, 0.25) is 0 Å². The molecule has 2 aliphatic rings. The summed E-state index contributed by atoms with van der Waals surface area (Å²) in [6.45, 7) is 3.81. The minimum absolute atomic E-state index is 0.0922. The van der Waals surface area contributed by atoms with E-state index in [1.165, 1.54) is 7.11 Å². The highest BCUT2D eigenvalue weighted by molar-refractivity contribution is 6.05. The lowest BCUT2D eigenvalue weighted by atomic mass is 9.64. The summed E-state index contributed by atoms with van der Waals surface area (Å²) >= 11 is 0. The van der Waals surface area contributed by atoms with Gasteiger partial charge in [-0.15, -0.1) is 0 Å². The van der Waals surface area contributed by atoms with Gasteiger partial charge in [-0.1, -0.05) is 0 Å². The zero-order valence-electron chi connectivity index (χ0n) is 12.0. The second-order valence-corrected chi connectivity index (χ2v) is 5.41. The molecular weight excluding hydrogens is 262 g/mol. The summed E-state index contributed by atoms with van der Waals surface area (Å²) in [7, 11) is 1.32. The predicted octanol–water partition coefficient (Wildman–Crippen LogP) is 0.394. The van der Waals surface area contributed by atoms with Gasteiger partial charge in [0, 0.05) is 25.9 Å². The van der Waals surface area contributed by atoms with Crippen LogP contribution in [0.25, 0.3) is 0 Å². The van der Waals surface area contributed by atoms with Crippen LogP contribution in [0.2, 0.25) is 0 Å². The number of ether oxygens (including phenoxy) is 2. The van der Waals surface area contributed by atoms with Crippen molar-refractivity contribution in [2.45, 2.75) is 26.2 Å². The van der Waals surface area contributed by atoms with Gasteiger partial charge < -0.3 is 14.4 Å². The fraction of sp³-hybridized carbons (Fsp3) is 0.786. The number of piperidine rings is 2. The van der Waals surface area contributed by atoms with Crippen LogP contribution in [-0.4, -0.2) is 56.0 Å². The molecule has 0 aliphatic carbocycles. The first-order valence-electron chi connectivity index (χ1n) is 7.04. The number of esters is 2. The number of carbonyl (C=O) groups excluding carboxylic acids is 3. The van der Waals surface area contributed by atoms with E-state index in [1.807, 2.05) is 0 Å². The Bertz CT molecular complexity index is 422. The molecule has 0 N–H and O–H groups in total. The van der Waals surface area contributed by atoms with Crippen molar-refractivity contribution >= 4 is 17.7 Å². The van der Waals surface area contributed by atoms with Gasteiger partial charge >= 0.3 is 11.9 Å². The lowest BCUT2D eigenvalue weighted by molar-refractivity contribution is -0.174. The van der Waals surface area contributed by atoms with E-state index in [0.29, 0.717) is 25.9 Å². The minimum atomic E-state index is -1.18. The van der Waals surface area contributed by atoms with Gasteiger partial charge in [0.25, 0.3) is 0 Å². The molecule has 6 heteroatoms. The smallest absolute Gasteiger partial charge is 0.321 e. The van der Waals surface area contributed by atoms with Crippen LogP contribution in [0, 0.1) is 11.3 Å². The van der Waals surface area contributed by atoms with Crippen molar-refractivity contribution < 1.29 is 23.9 Å². The van der Waals surface area contributed by atoms with E-state index in [1.54, 1.807) is 6.92 Å². The minimum Gasteiger partial charge on any atom is -0.469 e. The number of ketones is 1. The Labute approximate surface area is 118 Å². The predicted molar refractivity (Wildman–Crippen MR) is 69.9 cm³/mol. The van der Waals surface area contributed by atoms with Crippen LogP contribution in [0.3, 0.4) is 0 Å². The van der Waals surface area contributed by atoms with Gasteiger partial charge in [-0.2, -0.15) is 0 Å². The number of rotatable bonds is 4. The van der Waals surface area contributed by atoms with Crippen LogP contribution in [0.4, 0.5) is 0 Å². The number of carbonyl (C=O) groups is 3. The third kappa shape index (κ3) is 2.44. The average molecular weight is 283 g/mol. The molecule has 0 spiro atoms. The maximum Gasteiger partial charge on any atom is 0.321 e. The van der Waals surface area contributed by atoms with E-state index >= 15 is 0 Å². The van der Waals surface area contributed by atoms with Gasteiger partial charge in [0.1, 0.15) is 5.41 Å². The molecule has 2 bridgehead atoms. The SMILES string of the molecule is CCOC(=O)[C@]12CN(CCC1=O)CC[C@@H]2CC(=O)OC. The Hall–Kier alpha value is -1.43. The van der Waals surface area contributed by atoms with Crippen LogP contribution >= 0.6 is 0 Å². The molecule has 2 saturated heterocycles. The van der Waals surface area contributed by atoms with E-state index < -0.39 is 11.4 Å². The third-order valence-electron chi connectivity index (χ3n) is 4.40. The van der Waals surface area contributed by atoms with E-state index in [-0.39, 0.29) is 30.7 Å². The second kappa shape index (κ2) is 5.91. The Kier molecular flexibility index (Phi) is 4.42. The van der Waals surface area contributed by atoms with Crippen LogP contribution in [0.15, 0.2) is 0 Å². The third-order valence-corrected chi connectivity index (χ3v) is 4.40. The summed E-state index contributed by atoms with van der Waals surface area (Å²) in [5, 5.41) is 0. The molecule has 6 nitrogen and oxygen atoms in total. The molecule has 0 amide bonds. The van der Waals surface area contributed by atoms with E-state index in [9.17, 15) is 14.4 Å². The lowest BCUT2D eigenvalue weighted by Gasteiger charge is -2.48. The Balaban J connectivity index is 2.30. The molecular formula is C14H21NO5. The normalized spacial score (nSPS) is 32.6. The number of methoxy groups -OCH3 is 1. The summed E-state index contributed by atoms with van der Waals surface area (Å²) in [6.07, 6.45) is 1.07. The van der Waals surface area contributed by atoms with Gasteiger partial charge in [-0.25, -0.2) is 0 Å². The van der Waals surface area contributed by atoms with Crippen molar-refractivity contribution in [3.8, 4) is 0 Å². The molecule has 2 heterocycles. The molecule has 112 valence electrons. The molecule has 1 unspecified atom stereocenters. The second-order valence-electron chi connectivity index (χ2n) is 5.41. The summed E-state index contributed by atoms with van der Waals surface area (Å²) in [6, 6.07) is 0. The van der Waals surface area contributed by atoms with Crippen molar-refractivity contribution in [1.82, 2.24) is 4.90 Å². The summed E-state index contributed by atoms with van der Waals surface area (Å²) in [5.74, 6) is -1.28. The molecule has 2 fully saturated rings. The molecule has 3 atom stereocenters. The average Bonchev–Trinajstić information content (AvgIpc) is 2.45. The number of fused-ring (bicyclic) bond motifs is 2. The van der Waals surface area contributed by atoms with Crippen molar-refractivity contribution in [3.05, 3.63) is 0 Å². The maximum absolute atomic E-state index is 12.4. The topological polar surface area (TPSA) is 72.9 Å². The fourth-order valence-corrected chi connectivity index (χ4v) is 3.30. The highest BCUT2D eigenvalue weighted by Gasteiger charge is 2.57. The molecule has 0 aromatic rings. The van der Waals surface area contributed by atoms with Crippen LogP contribution in [0.5, 0.6) is 0 Å². The molecule has 0 aromatic carbocycles. The summed E-state index contributed by atoms with van der Waals surface area (Å²) in [5.41, 5.74) is -1.18. The number of nitrogens with zero attached hydrogens (tertiary/aromatic N) is 1. The van der Waals surface area contributed by atoms with Gasteiger partial charge in [0.05, 0.1) is 13.7 Å². The fourth-order valence-electron chi connectivity index (χ4n) is 3.30. The first-order valence-corrected chi connectivity index (χ1v) is 7.04. The zero-order valence-corrected chi connectivity index (χ0v) is 12.0. The Morgan fingerprint density at radius 1 is 1.40 bits per heavy atom. The van der Waals surface area contributed by atoms with Gasteiger partial charge in [0.15, 0.2) is 5.78 Å². The molecule has 2 aliphatic heterocycles. The van der Waals surface area contributed by atoms with Gasteiger partial charge in [-0.05, 0) is 25.8 Å². The van der Waals surface area contributed by atoms with Crippen molar-refractivity contribution in [1.29, 1.82) is 0 Å². The molecule has 0 saturated carbocycles. The highest BCUT2D eigenvalue weighted by atomic mass is 16.5. The van der Waals surface area contributed by atoms with E-state index in [0.717, 1.165) is 6.54 Å². The first-order chi connectivity index (χ1) is 9.54. The first kappa shape index (κ1) is 15.0. The zero-order chi connectivity index (χ0) is 14.8. The van der Waals surface area contributed by atoms with Gasteiger partial charge in [-0.3, -0.25) is 14.4 Å². The quantitative estimate of drug-likeness (QED) is 0.549. The summed E-state index contributed by atoms with van der Waals surface area (Å²) < 4.78 is 9.83. The van der Waals surface area contributed by atoms with Crippen molar-refractivity contribution in [3.63, 3.8) is 0 Å². The largest absolute Gasteiger partial charge is 0.469 e. The maximum atomic E-state index is 12.4. The Morgan fingerprint density at radius 3 is 2.80 bits per heavy atom. The standard InChI is InChI=1S/C14H21NO5/c1-3-20-13(18)14-9-15(7-5-11(14)16)6-4-10(14)8-12(17)19-2/h10H,3-9H2,1-2H3/t10-,14+/m1/s1. The van der Waals surface area contributed by atoms with Crippen LogP contribution in [0.1, 0.15) is 26.2 Å². The van der Waals surface area contributed by atoms with Crippen LogP contribution in [-0.2, 0) is 23.9 Å². The Morgan fingerprint density at radius 2 is 2.15 bits per heavy atom. The molecule has 0 aromatic heterocycles. The van der Waals surface area contributed by atoms with E-state index in [2.05, 4.69) is 4.90 Å².